The van der Waals surface area contributed by atoms with E-state index in [2.05, 4.69) is 11.4 Å². The van der Waals surface area contributed by atoms with E-state index in [1.165, 1.54) is 12.7 Å². The summed E-state index contributed by atoms with van der Waals surface area (Å²) in [6, 6.07) is 11.9. The number of fused-ring (bicyclic) bond motifs is 3. The van der Waals surface area contributed by atoms with Crippen molar-refractivity contribution in [3.05, 3.63) is 59.5 Å². The summed E-state index contributed by atoms with van der Waals surface area (Å²) < 4.78 is 5.34. The first-order chi connectivity index (χ1) is 13.7. The Morgan fingerprint density at radius 1 is 1.00 bits per heavy atom. The molecule has 1 aromatic carbocycles. The fourth-order valence-corrected chi connectivity index (χ4v) is 4.85. The van der Waals surface area contributed by atoms with Gasteiger partial charge in [0.2, 0.25) is 5.91 Å². The summed E-state index contributed by atoms with van der Waals surface area (Å²) >= 11 is 0. The first-order valence-electron chi connectivity index (χ1n) is 10.1. The largest absolute Gasteiger partial charge is 0.459 e. The molecular formula is C22H26ClN3O3. The number of rotatable bonds is 2. The number of hydrogen-bond acceptors (Lipinski definition) is 4. The summed E-state index contributed by atoms with van der Waals surface area (Å²) in [5.41, 5.74) is 2.25. The molecule has 3 aliphatic rings. The van der Waals surface area contributed by atoms with Gasteiger partial charge < -0.3 is 19.5 Å². The molecule has 3 unspecified atom stereocenters. The van der Waals surface area contributed by atoms with Crippen LogP contribution >= 0.6 is 12.4 Å². The molecule has 6 nitrogen and oxygen atoms in total. The maximum absolute atomic E-state index is 13.6. The highest BCUT2D eigenvalue weighted by Gasteiger charge is 2.40. The molecule has 2 aromatic rings. The minimum atomic E-state index is -0.482. The Hall–Kier alpha value is -2.31. The van der Waals surface area contributed by atoms with Crippen molar-refractivity contribution in [2.24, 2.45) is 0 Å². The van der Waals surface area contributed by atoms with Gasteiger partial charge in [0.25, 0.3) is 5.91 Å². The van der Waals surface area contributed by atoms with E-state index in [9.17, 15) is 9.59 Å². The van der Waals surface area contributed by atoms with Crippen molar-refractivity contribution in [1.82, 2.24) is 15.1 Å². The maximum Gasteiger partial charge on any atom is 0.290 e. The van der Waals surface area contributed by atoms with Crippen LogP contribution in [0.4, 0.5) is 0 Å². The lowest BCUT2D eigenvalue weighted by Gasteiger charge is -2.38. The van der Waals surface area contributed by atoms with E-state index in [4.69, 9.17) is 4.42 Å². The van der Waals surface area contributed by atoms with Crippen molar-refractivity contribution < 1.29 is 14.0 Å². The summed E-state index contributed by atoms with van der Waals surface area (Å²) in [7, 11) is 0. The molecule has 3 aliphatic heterocycles. The van der Waals surface area contributed by atoms with Crippen LogP contribution in [0.2, 0.25) is 0 Å². The van der Waals surface area contributed by atoms with Crippen molar-refractivity contribution in [1.29, 1.82) is 0 Å². The molecule has 29 heavy (non-hydrogen) atoms. The summed E-state index contributed by atoms with van der Waals surface area (Å²) in [6.45, 7) is 1.93. The third-order valence-corrected chi connectivity index (χ3v) is 6.36. The van der Waals surface area contributed by atoms with Crippen molar-refractivity contribution in [3.63, 3.8) is 0 Å². The lowest BCUT2D eigenvalue weighted by Crippen LogP contribution is -2.54. The van der Waals surface area contributed by atoms with Crippen LogP contribution in [-0.4, -0.2) is 52.8 Å². The Labute approximate surface area is 176 Å². The van der Waals surface area contributed by atoms with Crippen molar-refractivity contribution in [2.45, 2.75) is 50.4 Å². The number of nitrogens with one attached hydrogen (secondary N) is 1. The van der Waals surface area contributed by atoms with Gasteiger partial charge in [-0.15, -0.1) is 12.4 Å². The van der Waals surface area contributed by atoms with Gasteiger partial charge in [0.05, 0.1) is 6.26 Å². The molecule has 0 spiro atoms. The molecule has 2 saturated heterocycles. The molecule has 7 heteroatoms. The first kappa shape index (κ1) is 20.0. The number of furan rings is 1. The number of carbonyl (C=O) groups is 2. The fraction of sp³-hybridized carbons (Fsp3) is 0.455. The molecule has 4 heterocycles. The van der Waals surface area contributed by atoms with E-state index >= 15 is 0 Å². The molecule has 5 rings (SSSR count). The summed E-state index contributed by atoms with van der Waals surface area (Å²) in [5.74, 6) is 0.129. The predicted octanol–water partition coefficient (Wildman–Crippen LogP) is 2.62. The number of carbonyl (C=O) groups excluding carboxylic acids is 2. The van der Waals surface area contributed by atoms with Crippen LogP contribution in [0.5, 0.6) is 0 Å². The third kappa shape index (κ3) is 3.79. The quantitative estimate of drug-likeness (QED) is 0.818. The van der Waals surface area contributed by atoms with Crippen LogP contribution in [0.3, 0.4) is 0 Å². The second-order valence-electron chi connectivity index (χ2n) is 8.11. The van der Waals surface area contributed by atoms with Crippen LogP contribution in [0.1, 0.15) is 40.9 Å². The smallest absolute Gasteiger partial charge is 0.290 e. The third-order valence-electron chi connectivity index (χ3n) is 6.36. The van der Waals surface area contributed by atoms with E-state index < -0.39 is 6.04 Å². The van der Waals surface area contributed by atoms with Gasteiger partial charge in [0, 0.05) is 38.1 Å². The highest BCUT2D eigenvalue weighted by Crippen LogP contribution is 2.28. The monoisotopic (exact) mass is 415 g/mol. The highest BCUT2D eigenvalue weighted by molar-refractivity contribution is 5.96. The number of benzene rings is 1. The number of likely N-dealkylation sites (tertiary alicyclic amines) is 1. The lowest BCUT2D eigenvalue weighted by atomic mass is 9.92. The topological polar surface area (TPSA) is 65.8 Å². The van der Waals surface area contributed by atoms with Crippen LogP contribution in [-0.2, 0) is 17.8 Å². The molecule has 1 aromatic heterocycles. The summed E-state index contributed by atoms with van der Waals surface area (Å²) in [5, 5.41) is 3.62. The minimum Gasteiger partial charge on any atom is -0.459 e. The lowest BCUT2D eigenvalue weighted by molar-refractivity contribution is -0.137. The Kier molecular flexibility index (Phi) is 5.65. The van der Waals surface area contributed by atoms with Crippen molar-refractivity contribution >= 4 is 24.2 Å². The Morgan fingerprint density at radius 3 is 2.59 bits per heavy atom. The second-order valence-corrected chi connectivity index (χ2v) is 8.11. The molecule has 0 saturated carbocycles. The molecule has 2 amide bonds. The number of amides is 2. The zero-order valence-electron chi connectivity index (χ0n) is 16.3. The first-order valence-corrected chi connectivity index (χ1v) is 10.1. The Morgan fingerprint density at radius 2 is 1.79 bits per heavy atom. The van der Waals surface area contributed by atoms with Gasteiger partial charge in [-0.3, -0.25) is 9.59 Å². The highest BCUT2D eigenvalue weighted by atomic mass is 35.5. The van der Waals surface area contributed by atoms with Gasteiger partial charge in [-0.05, 0) is 42.5 Å². The molecule has 0 radical (unpaired) electrons. The SMILES string of the molecule is Cl.O=C(C1Cc2ccccc2CN1C(=O)c1ccco1)N1CCC2CCC(C1)N2. The number of halogens is 1. The van der Waals surface area contributed by atoms with Gasteiger partial charge in [-0.2, -0.15) is 0 Å². The van der Waals surface area contributed by atoms with Crippen LogP contribution in [0, 0.1) is 0 Å². The molecule has 154 valence electrons. The molecular weight excluding hydrogens is 390 g/mol. The molecule has 2 bridgehead atoms. The minimum absolute atomic E-state index is 0. The summed E-state index contributed by atoms with van der Waals surface area (Å²) in [4.78, 5) is 30.3. The normalized spacial score (nSPS) is 25.7. The van der Waals surface area contributed by atoms with E-state index in [0.717, 1.165) is 37.1 Å². The Bertz CT molecular complexity index is 885. The van der Waals surface area contributed by atoms with Crippen LogP contribution < -0.4 is 5.32 Å². The predicted molar refractivity (Wildman–Crippen MR) is 111 cm³/mol. The maximum atomic E-state index is 13.6. The van der Waals surface area contributed by atoms with E-state index in [0.29, 0.717) is 25.0 Å². The Balaban J connectivity index is 0.00000205. The standard InChI is InChI=1S/C22H25N3O3.ClH/c26-21(24-10-9-17-7-8-18(14-24)23-17)19-12-15-4-1-2-5-16(15)13-25(19)22(27)20-6-3-11-28-20;/h1-6,11,17-19,23H,7-10,12-14H2;1H. The molecule has 0 aliphatic carbocycles. The number of nitrogens with zero attached hydrogens (tertiary/aromatic N) is 2. The van der Waals surface area contributed by atoms with Gasteiger partial charge in [0.1, 0.15) is 6.04 Å². The molecule has 3 atom stereocenters. The summed E-state index contributed by atoms with van der Waals surface area (Å²) in [6.07, 6.45) is 5.36. The average Bonchev–Trinajstić information content (AvgIpc) is 3.35. The van der Waals surface area contributed by atoms with E-state index in [1.54, 1.807) is 17.0 Å². The van der Waals surface area contributed by atoms with Crippen molar-refractivity contribution in [3.8, 4) is 0 Å². The zero-order chi connectivity index (χ0) is 19.1. The van der Waals surface area contributed by atoms with Gasteiger partial charge in [-0.25, -0.2) is 0 Å². The second kappa shape index (κ2) is 8.20. The van der Waals surface area contributed by atoms with Crippen molar-refractivity contribution in [2.75, 3.05) is 13.1 Å². The molecule has 2 fully saturated rings. The van der Waals surface area contributed by atoms with Gasteiger partial charge in [-0.1, -0.05) is 24.3 Å². The average molecular weight is 416 g/mol. The van der Waals surface area contributed by atoms with E-state index in [-0.39, 0.29) is 30.0 Å². The number of hydrogen-bond donors (Lipinski definition) is 1. The van der Waals surface area contributed by atoms with Gasteiger partial charge >= 0.3 is 0 Å². The molecule has 1 N–H and O–H groups in total. The van der Waals surface area contributed by atoms with Gasteiger partial charge in [0.15, 0.2) is 5.76 Å². The fourth-order valence-electron chi connectivity index (χ4n) is 4.85. The zero-order valence-corrected chi connectivity index (χ0v) is 17.1. The van der Waals surface area contributed by atoms with Crippen LogP contribution in [0.15, 0.2) is 47.1 Å². The van der Waals surface area contributed by atoms with Crippen LogP contribution in [0.25, 0.3) is 0 Å². The van der Waals surface area contributed by atoms with E-state index in [1.807, 2.05) is 23.1 Å².